The van der Waals surface area contributed by atoms with Crippen LogP contribution in [0.1, 0.15) is 36.5 Å². The summed E-state index contributed by atoms with van der Waals surface area (Å²) in [4.78, 5) is 3.74. The van der Waals surface area contributed by atoms with E-state index < -0.39 is 0 Å². The molecule has 3 aliphatic carbocycles. The first-order valence-electron chi connectivity index (χ1n) is 12.9. The smallest absolute Gasteiger partial charge is 0.0726 e. The number of benzene rings is 5. The van der Waals surface area contributed by atoms with Gasteiger partial charge in [0.25, 0.3) is 0 Å². The Bertz CT molecular complexity index is 2010. The van der Waals surface area contributed by atoms with Crippen molar-refractivity contribution in [2.24, 2.45) is 0 Å². The molecule has 36 heavy (non-hydrogen) atoms. The Morgan fingerprint density at radius 3 is 2.11 bits per heavy atom. The lowest BCUT2D eigenvalue weighted by molar-refractivity contribution is 0.794. The SMILES string of the molecule is C1=c2ccc3c(c2=CCC1)-c1cc2c(cc1C31c3ccccc3-c3ccccc31)[nH]c1ccccc12.[HH]. The van der Waals surface area contributed by atoms with Crippen molar-refractivity contribution in [3.05, 3.63) is 130 Å². The Morgan fingerprint density at radius 1 is 0.556 bits per heavy atom. The van der Waals surface area contributed by atoms with Crippen molar-refractivity contribution in [2.75, 3.05) is 0 Å². The number of fused-ring (bicyclic) bond motifs is 15. The number of hydrogen-bond acceptors (Lipinski definition) is 0. The predicted molar refractivity (Wildman–Crippen MR) is 152 cm³/mol. The van der Waals surface area contributed by atoms with Gasteiger partial charge in [-0.15, -0.1) is 0 Å². The second-order valence-electron chi connectivity index (χ2n) is 10.4. The van der Waals surface area contributed by atoms with E-state index in [9.17, 15) is 0 Å². The molecule has 1 heteroatoms. The molecule has 1 heterocycles. The highest BCUT2D eigenvalue weighted by atomic mass is 14.7. The summed E-state index contributed by atoms with van der Waals surface area (Å²) in [5.74, 6) is 0. The number of para-hydroxylation sites is 1. The average molecular weight is 460 g/mol. The van der Waals surface area contributed by atoms with Crippen molar-refractivity contribution >= 4 is 34.0 Å². The van der Waals surface area contributed by atoms with Gasteiger partial charge in [0.2, 0.25) is 0 Å². The first kappa shape index (κ1) is 18.9. The van der Waals surface area contributed by atoms with E-state index in [0.717, 1.165) is 12.8 Å². The second kappa shape index (κ2) is 6.44. The third-order valence-corrected chi connectivity index (χ3v) is 8.83. The van der Waals surface area contributed by atoms with Gasteiger partial charge >= 0.3 is 0 Å². The van der Waals surface area contributed by atoms with Gasteiger partial charge in [0.1, 0.15) is 0 Å². The molecule has 6 aromatic rings. The van der Waals surface area contributed by atoms with Crippen LogP contribution in [0, 0.1) is 0 Å². The van der Waals surface area contributed by atoms with Crippen LogP contribution in [0.15, 0.2) is 97.1 Å². The minimum absolute atomic E-state index is 0. The van der Waals surface area contributed by atoms with Crippen LogP contribution in [0.2, 0.25) is 0 Å². The van der Waals surface area contributed by atoms with E-state index in [-0.39, 0.29) is 6.84 Å². The van der Waals surface area contributed by atoms with Gasteiger partial charge in [0.05, 0.1) is 5.41 Å². The summed E-state index contributed by atoms with van der Waals surface area (Å²) in [6.45, 7) is 0. The molecule has 5 aromatic carbocycles. The number of H-pyrrole nitrogens is 1. The first-order valence-corrected chi connectivity index (χ1v) is 12.9. The van der Waals surface area contributed by atoms with E-state index >= 15 is 0 Å². The molecule has 0 radical (unpaired) electrons. The molecule has 0 unspecified atom stereocenters. The Hall–Kier alpha value is -4.36. The maximum atomic E-state index is 3.74. The molecule has 1 nitrogen and oxygen atoms in total. The van der Waals surface area contributed by atoms with E-state index in [4.69, 9.17) is 0 Å². The van der Waals surface area contributed by atoms with Crippen LogP contribution < -0.4 is 10.4 Å². The van der Waals surface area contributed by atoms with Gasteiger partial charge < -0.3 is 4.98 Å². The summed E-state index contributed by atoms with van der Waals surface area (Å²) >= 11 is 0. The number of aromatic nitrogens is 1. The van der Waals surface area contributed by atoms with Crippen molar-refractivity contribution in [1.29, 1.82) is 0 Å². The maximum Gasteiger partial charge on any atom is 0.0726 e. The van der Waals surface area contributed by atoms with E-state index in [1.54, 1.807) is 0 Å². The van der Waals surface area contributed by atoms with Crippen molar-refractivity contribution in [1.82, 2.24) is 4.98 Å². The summed E-state index contributed by atoms with van der Waals surface area (Å²) in [5.41, 5.74) is 13.3. The molecule has 0 bridgehead atoms. The standard InChI is InChI=1S/C35H23N.H2/c1-2-10-22-21(9-1)17-18-30-34(22)27-19-26-25-13-5-8-16-32(25)36-33(26)20-31(27)35(30)28-14-6-3-11-23(28)24-12-4-7-15-29(24)35;/h3-20,36H,1-2H2;1H. The van der Waals surface area contributed by atoms with E-state index in [0.29, 0.717) is 0 Å². The fourth-order valence-corrected chi connectivity index (χ4v) is 7.48. The third-order valence-electron chi connectivity index (χ3n) is 8.83. The number of nitrogens with one attached hydrogen (secondary N) is 1. The summed E-state index contributed by atoms with van der Waals surface area (Å²) in [6.07, 6.45) is 7.12. The zero-order valence-electron chi connectivity index (χ0n) is 19.8. The van der Waals surface area contributed by atoms with Crippen molar-refractivity contribution in [3.63, 3.8) is 0 Å². The molecule has 1 N–H and O–H groups in total. The zero-order valence-corrected chi connectivity index (χ0v) is 19.8. The highest BCUT2D eigenvalue weighted by molar-refractivity contribution is 6.10. The minimum atomic E-state index is -0.302. The molecule has 0 amide bonds. The Balaban J connectivity index is 0.00000215. The maximum absolute atomic E-state index is 3.74. The molecule has 0 atom stereocenters. The molecule has 0 saturated heterocycles. The van der Waals surface area contributed by atoms with Gasteiger partial charge in [-0.3, -0.25) is 0 Å². The molecular weight excluding hydrogens is 434 g/mol. The van der Waals surface area contributed by atoms with Gasteiger partial charge in [-0.05, 0) is 86.0 Å². The number of rotatable bonds is 0. The molecule has 170 valence electrons. The van der Waals surface area contributed by atoms with Crippen LogP contribution in [0.5, 0.6) is 0 Å². The molecule has 1 aromatic heterocycles. The van der Waals surface area contributed by atoms with Crippen LogP contribution in [-0.4, -0.2) is 4.98 Å². The first-order chi connectivity index (χ1) is 17.9. The van der Waals surface area contributed by atoms with Gasteiger partial charge in [0, 0.05) is 23.2 Å². The van der Waals surface area contributed by atoms with Gasteiger partial charge in [-0.2, -0.15) is 0 Å². The minimum Gasteiger partial charge on any atom is -0.355 e. The second-order valence-corrected chi connectivity index (χ2v) is 10.4. The van der Waals surface area contributed by atoms with E-state index in [1.165, 1.54) is 76.8 Å². The Kier molecular flexibility index (Phi) is 3.38. The summed E-state index contributed by atoms with van der Waals surface area (Å²) < 4.78 is 0. The summed E-state index contributed by atoms with van der Waals surface area (Å²) in [6, 6.07) is 36.5. The lowest BCUT2D eigenvalue weighted by atomic mass is 9.70. The summed E-state index contributed by atoms with van der Waals surface area (Å²) in [5, 5.41) is 5.40. The van der Waals surface area contributed by atoms with Crippen molar-refractivity contribution in [3.8, 4) is 22.3 Å². The largest absolute Gasteiger partial charge is 0.355 e. The Labute approximate surface area is 210 Å². The van der Waals surface area contributed by atoms with Crippen molar-refractivity contribution in [2.45, 2.75) is 18.3 Å². The van der Waals surface area contributed by atoms with Crippen LogP contribution in [0.4, 0.5) is 0 Å². The molecule has 9 rings (SSSR count). The van der Waals surface area contributed by atoms with Crippen LogP contribution >= 0.6 is 0 Å². The van der Waals surface area contributed by atoms with Crippen molar-refractivity contribution < 1.29 is 1.43 Å². The van der Waals surface area contributed by atoms with Crippen LogP contribution in [-0.2, 0) is 5.41 Å². The van der Waals surface area contributed by atoms with E-state index in [1.807, 2.05) is 0 Å². The van der Waals surface area contributed by atoms with E-state index in [2.05, 4.69) is 114 Å². The predicted octanol–water partition coefficient (Wildman–Crippen LogP) is 7.27. The third kappa shape index (κ3) is 2.06. The van der Waals surface area contributed by atoms with Gasteiger partial charge in [0.15, 0.2) is 0 Å². The quantitative estimate of drug-likeness (QED) is 0.246. The van der Waals surface area contributed by atoms with Gasteiger partial charge in [-0.1, -0.05) is 91.0 Å². The molecular formula is C35H25N. The lowest BCUT2D eigenvalue weighted by Gasteiger charge is -2.30. The fourth-order valence-electron chi connectivity index (χ4n) is 7.48. The molecule has 0 aliphatic heterocycles. The van der Waals surface area contributed by atoms with Crippen LogP contribution in [0.3, 0.4) is 0 Å². The summed E-state index contributed by atoms with van der Waals surface area (Å²) in [7, 11) is 0. The molecule has 1 spiro atoms. The highest BCUT2D eigenvalue weighted by Gasteiger charge is 2.52. The topological polar surface area (TPSA) is 15.8 Å². The molecule has 3 aliphatic rings. The molecule has 0 fully saturated rings. The normalized spacial score (nSPS) is 15.7. The highest BCUT2D eigenvalue weighted by Crippen LogP contribution is 2.62. The van der Waals surface area contributed by atoms with Crippen LogP contribution in [0.25, 0.3) is 56.2 Å². The zero-order chi connectivity index (χ0) is 23.4. The number of hydrogen-bond donors (Lipinski definition) is 1. The monoisotopic (exact) mass is 459 g/mol. The fraction of sp³-hybridized carbons (Fsp3) is 0.0857. The lowest BCUT2D eigenvalue weighted by Crippen LogP contribution is -2.32. The van der Waals surface area contributed by atoms with Gasteiger partial charge in [-0.25, -0.2) is 0 Å². The average Bonchev–Trinajstić information content (AvgIpc) is 3.55. The number of aromatic amines is 1. The molecule has 0 saturated carbocycles. The Morgan fingerprint density at radius 2 is 1.28 bits per heavy atom.